The number of unbranched alkanes of at least 4 members (excludes halogenated alkanes) is 3. The van der Waals surface area contributed by atoms with E-state index in [1.54, 1.807) is 0 Å². The lowest BCUT2D eigenvalue weighted by Gasteiger charge is -2.45. The zero-order chi connectivity index (χ0) is 40.5. The fourth-order valence-electron chi connectivity index (χ4n) is 8.33. The molecule has 1 aromatic heterocycles. The highest BCUT2D eigenvalue weighted by molar-refractivity contribution is 7.75. The minimum atomic E-state index is -2.66. The summed E-state index contributed by atoms with van der Waals surface area (Å²) in [7, 11) is -3.69. The third-order valence-electron chi connectivity index (χ3n) is 11.2. The number of esters is 1. The van der Waals surface area contributed by atoms with E-state index in [2.05, 4.69) is 72.6 Å². The van der Waals surface area contributed by atoms with Crippen molar-refractivity contribution < 1.29 is 33.4 Å². The van der Waals surface area contributed by atoms with Gasteiger partial charge in [-0.15, -0.1) is 0 Å². The molecule has 1 saturated heterocycles. The molecule has 54 heavy (non-hydrogen) atoms. The highest BCUT2D eigenvalue weighted by Crippen LogP contribution is 2.61. The third-order valence-corrected chi connectivity index (χ3v) is 22.4. The van der Waals surface area contributed by atoms with Crippen LogP contribution in [0.5, 0.6) is 0 Å². The maximum absolute atomic E-state index is 13.3. The van der Waals surface area contributed by atoms with Crippen LogP contribution < -0.4 is 16.6 Å². The zero-order valence-electron chi connectivity index (χ0n) is 34.8. The van der Waals surface area contributed by atoms with Crippen LogP contribution in [0.1, 0.15) is 139 Å². The lowest BCUT2D eigenvalue weighted by atomic mass is 10.1. The van der Waals surface area contributed by atoms with Crippen molar-refractivity contribution in [1.82, 2.24) is 14.9 Å². The van der Waals surface area contributed by atoms with Crippen LogP contribution >= 0.6 is 7.26 Å². The fraction of sp³-hybridized carbons (Fsp3) is 0.825. The summed E-state index contributed by atoms with van der Waals surface area (Å²) in [5, 5.41) is 13.4. The summed E-state index contributed by atoms with van der Waals surface area (Å²) in [6, 6.07) is 1.20. The molecule has 1 amide bonds. The normalized spacial score (nSPS) is 19.2. The maximum atomic E-state index is 13.3. The molecule has 2 heterocycles. The van der Waals surface area contributed by atoms with Crippen molar-refractivity contribution in [1.29, 1.82) is 0 Å². The largest absolute Gasteiger partial charge is 0.457 e. The van der Waals surface area contributed by atoms with Crippen LogP contribution in [0.2, 0.25) is 16.6 Å². The lowest BCUT2D eigenvalue weighted by molar-refractivity contribution is -0.157. The molecular formula is C40H73N3O9PSi+. The predicted octanol–water partition coefficient (Wildman–Crippen LogP) is 6.95. The molecule has 0 aliphatic carbocycles. The highest BCUT2D eigenvalue weighted by atomic mass is 31.2. The van der Waals surface area contributed by atoms with Gasteiger partial charge < -0.3 is 24.3 Å². The summed E-state index contributed by atoms with van der Waals surface area (Å²) in [5.41, 5.74) is -0.867. The molecule has 0 spiro atoms. The number of H-pyrrole nitrogens is 1. The molecule has 1 unspecified atom stereocenters. The first-order valence-electron chi connectivity index (χ1n) is 20.7. The average molecular weight is 799 g/mol. The van der Waals surface area contributed by atoms with Crippen LogP contribution in [-0.4, -0.2) is 96.7 Å². The molecular weight excluding hydrogens is 726 g/mol. The number of aliphatic hydroxyl groups excluding tert-OH is 1. The number of aromatic nitrogens is 2. The van der Waals surface area contributed by atoms with Gasteiger partial charge in [0.1, 0.15) is 18.0 Å². The molecule has 1 aliphatic rings. The standard InChI is InChI=1S/C40H72N3O9PSi/c1-10-13-24-53(25-14-11-2,26-15-12-3)27-16-22-41-34(46)19-17-32(45)18-20-36(48)51-37-33(28-44)50-39(43-23-21-35(47)42-40(43)49)38(37)52-54(29(4)5,30(6)7)31(8)9/h21,23,29-31,33,37-39,44H,10-20,22,24-28H2,1-9H3,(H-,41,42,46,47,49)/p+1/t33-,37+,38?,39-/m1/s1. The molecule has 0 aromatic carbocycles. The Hall–Kier alpha value is -2.18. The van der Waals surface area contributed by atoms with Crippen molar-refractivity contribution in [3.05, 3.63) is 33.1 Å². The van der Waals surface area contributed by atoms with Crippen LogP contribution in [0.3, 0.4) is 0 Å². The molecule has 4 atom stereocenters. The number of ketones is 1. The number of nitrogens with zero attached hydrogens (tertiary/aromatic N) is 1. The summed E-state index contributed by atoms with van der Waals surface area (Å²) in [6.45, 7) is 19.5. The zero-order valence-corrected chi connectivity index (χ0v) is 36.7. The number of Topliss-reactive ketones (excluding diaryl/α,β-unsaturated/α-hetero) is 1. The summed E-state index contributed by atoms with van der Waals surface area (Å²) in [6.07, 6.45) is 10.6. The number of aromatic amines is 1. The lowest BCUT2D eigenvalue weighted by Crippen LogP contribution is -2.54. The number of hydrogen-bond acceptors (Lipinski definition) is 9. The Labute approximate surface area is 325 Å². The molecule has 0 bridgehead atoms. The topological polar surface area (TPSA) is 166 Å². The minimum Gasteiger partial charge on any atom is -0.457 e. The SMILES string of the molecule is CCCC[P+](CCCC)(CCCC)CCCNC(=O)CCC(=O)CCC(=O)O[C@@H]1C(O[Si](C(C)C)(C(C)C)C(C)C)[C@H](n2ccc(=O)[nH]c2=O)O[C@@H]1CO. The van der Waals surface area contributed by atoms with Crippen LogP contribution in [0.4, 0.5) is 0 Å². The first-order valence-corrected chi connectivity index (χ1v) is 25.4. The quantitative estimate of drug-likeness (QED) is 0.0370. The van der Waals surface area contributed by atoms with Gasteiger partial charge in [0.05, 0.1) is 37.7 Å². The van der Waals surface area contributed by atoms with E-state index in [0.717, 1.165) is 6.42 Å². The molecule has 1 fully saturated rings. The van der Waals surface area contributed by atoms with Crippen LogP contribution in [0.15, 0.2) is 21.9 Å². The summed E-state index contributed by atoms with van der Waals surface area (Å²) in [4.78, 5) is 65.8. The molecule has 310 valence electrons. The Morgan fingerprint density at radius 3 is 1.89 bits per heavy atom. The molecule has 0 saturated carbocycles. The van der Waals surface area contributed by atoms with Crippen molar-refractivity contribution >= 4 is 33.2 Å². The smallest absolute Gasteiger partial charge is 0.330 e. The van der Waals surface area contributed by atoms with E-state index >= 15 is 0 Å². The van der Waals surface area contributed by atoms with Gasteiger partial charge in [0.25, 0.3) is 5.56 Å². The number of carbonyl (C=O) groups excluding carboxylic acids is 3. The molecule has 2 rings (SSSR count). The van der Waals surface area contributed by atoms with Gasteiger partial charge in [-0.3, -0.25) is 28.7 Å². The van der Waals surface area contributed by atoms with E-state index in [-0.39, 0.29) is 54.0 Å². The van der Waals surface area contributed by atoms with E-state index in [1.165, 1.54) is 80.0 Å². The number of ether oxygens (including phenoxy) is 2. The molecule has 3 N–H and O–H groups in total. The Kier molecular flexibility index (Phi) is 21.1. The Morgan fingerprint density at radius 1 is 0.852 bits per heavy atom. The Morgan fingerprint density at radius 2 is 1.39 bits per heavy atom. The van der Waals surface area contributed by atoms with E-state index < -0.39 is 63.9 Å². The first kappa shape index (κ1) is 48.0. The molecule has 1 aliphatic heterocycles. The van der Waals surface area contributed by atoms with E-state index in [1.807, 2.05) is 0 Å². The van der Waals surface area contributed by atoms with Crippen LogP contribution in [-0.2, 0) is 28.3 Å². The minimum absolute atomic E-state index is 0.0274. The maximum Gasteiger partial charge on any atom is 0.330 e. The van der Waals surface area contributed by atoms with Crippen molar-refractivity contribution in [2.45, 2.75) is 174 Å². The van der Waals surface area contributed by atoms with Gasteiger partial charge in [0.15, 0.2) is 12.3 Å². The number of hydrogen-bond donors (Lipinski definition) is 3. The van der Waals surface area contributed by atoms with Gasteiger partial charge in [-0.2, -0.15) is 0 Å². The van der Waals surface area contributed by atoms with Gasteiger partial charge in [-0.1, -0.05) is 81.6 Å². The molecule has 12 nitrogen and oxygen atoms in total. The number of carbonyl (C=O) groups is 3. The Bertz CT molecular complexity index is 1370. The van der Waals surface area contributed by atoms with Crippen LogP contribution in [0, 0.1) is 0 Å². The highest BCUT2D eigenvalue weighted by Gasteiger charge is 2.55. The van der Waals surface area contributed by atoms with Gasteiger partial charge in [0.2, 0.25) is 14.2 Å². The number of aliphatic hydroxyl groups is 1. The number of nitrogens with one attached hydrogen (secondary N) is 2. The van der Waals surface area contributed by atoms with Gasteiger partial charge >= 0.3 is 11.7 Å². The molecule has 0 radical (unpaired) electrons. The van der Waals surface area contributed by atoms with Gasteiger partial charge in [0, 0.05) is 45.3 Å². The van der Waals surface area contributed by atoms with Gasteiger partial charge in [-0.05, 0) is 42.3 Å². The summed E-state index contributed by atoms with van der Waals surface area (Å²) >= 11 is 0. The summed E-state index contributed by atoms with van der Waals surface area (Å²) < 4.78 is 20.3. The second-order valence-electron chi connectivity index (χ2n) is 16.2. The van der Waals surface area contributed by atoms with E-state index in [0.29, 0.717) is 6.54 Å². The van der Waals surface area contributed by atoms with E-state index in [9.17, 15) is 29.1 Å². The fourth-order valence-corrected chi connectivity index (χ4v) is 19.0. The van der Waals surface area contributed by atoms with E-state index in [4.69, 9.17) is 13.9 Å². The van der Waals surface area contributed by atoms with Crippen LogP contribution in [0.25, 0.3) is 0 Å². The van der Waals surface area contributed by atoms with Crippen molar-refractivity contribution in [2.24, 2.45) is 0 Å². The first-order chi connectivity index (χ1) is 25.6. The monoisotopic (exact) mass is 798 g/mol. The van der Waals surface area contributed by atoms with Crippen molar-refractivity contribution in [3.63, 3.8) is 0 Å². The molecule has 14 heteroatoms. The van der Waals surface area contributed by atoms with Gasteiger partial charge in [-0.25, -0.2) is 4.79 Å². The number of rotatable bonds is 27. The predicted molar refractivity (Wildman–Crippen MR) is 220 cm³/mol. The average Bonchev–Trinajstić information content (AvgIpc) is 3.45. The molecule has 1 aromatic rings. The number of amides is 1. The summed E-state index contributed by atoms with van der Waals surface area (Å²) in [5.74, 6) is -1.05. The Balaban J connectivity index is 2.05. The second-order valence-corrected chi connectivity index (χ2v) is 26.0. The van der Waals surface area contributed by atoms with Crippen molar-refractivity contribution in [3.8, 4) is 0 Å². The second kappa shape index (κ2) is 23.8. The van der Waals surface area contributed by atoms with Crippen molar-refractivity contribution in [2.75, 3.05) is 37.8 Å². The third kappa shape index (κ3) is 13.8.